The van der Waals surface area contributed by atoms with Crippen LogP contribution >= 0.6 is 11.3 Å². The van der Waals surface area contributed by atoms with Crippen LogP contribution in [0.4, 0.5) is 0 Å². The van der Waals surface area contributed by atoms with E-state index in [9.17, 15) is 0 Å². The molecular formula is C14H17N3S. The maximum atomic E-state index is 5.92. The van der Waals surface area contributed by atoms with E-state index in [1.54, 1.807) is 11.3 Å². The highest BCUT2D eigenvalue weighted by atomic mass is 32.1. The highest BCUT2D eigenvalue weighted by molar-refractivity contribution is 7.09. The molecule has 1 aromatic heterocycles. The number of fused-ring (bicyclic) bond motifs is 1. The summed E-state index contributed by atoms with van der Waals surface area (Å²) in [5.41, 5.74) is 8.80. The monoisotopic (exact) mass is 259 g/mol. The number of aromatic nitrogens is 1. The molecule has 1 aliphatic rings. The zero-order chi connectivity index (χ0) is 12.4. The van der Waals surface area contributed by atoms with E-state index < -0.39 is 0 Å². The molecule has 0 aliphatic carbocycles. The minimum Gasteiger partial charge on any atom is -0.329 e. The topological polar surface area (TPSA) is 42.1 Å². The summed E-state index contributed by atoms with van der Waals surface area (Å²) in [4.78, 5) is 6.82. The molecule has 3 rings (SSSR count). The number of benzene rings is 1. The minimum absolute atomic E-state index is 0.434. The van der Waals surface area contributed by atoms with Gasteiger partial charge in [-0.25, -0.2) is 4.98 Å². The van der Waals surface area contributed by atoms with Crippen molar-refractivity contribution in [3.63, 3.8) is 0 Å². The first kappa shape index (κ1) is 11.8. The molecule has 0 spiro atoms. The quantitative estimate of drug-likeness (QED) is 0.917. The molecule has 0 saturated heterocycles. The summed E-state index contributed by atoms with van der Waals surface area (Å²) < 4.78 is 0. The highest BCUT2D eigenvalue weighted by Crippen LogP contribution is 2.24. The molecule has 0 fully saturated rings. The molecule has 2 heterocycles. The highest BCUT2D eigenvalue weighted by Gasteiger charge is 2.25. The van der Waals surface area contributed by atoms with E-state index in [2.05, 4.69) is 34.1 Å². The normalized spacial score (nSPS) is 19.7. The minimum atomic E-state index is 0.434. The first-order chi connectivity index (χ1) is 8.86. The fourth-order valence-electron chi connectivity index (χ4n) is 2.56. The number of nitrogens with two attached hydrogens (primary N) is 1. The Morgan fingerprint density at radius 3 is 2.89 bits per heavy atom. The Bertz CT molecular complexity index is 510. The van der Waals surface area contributed by atoms with Crippen molar-refractivity contribution in [3.05, 3.63) is 52.0 Å². The Labute approximate surface area is 111 Å². The van der Waals surface area contributed by atoms with Crippen LogP contribution in [0.15, 0.2) is 35.8 Å². The Hall–Kier alpha value is -1.23. The molecule has 1 atom stereocenters. The first-order valence-electron chi connectivity index (χ1n) is 6.26. The number of hydrogen-bond acceptors (Lipinski definition) is 4. The van der Waals surface area contributed by atoms with Gasteiger partial charge in [0.2, 0.25) is 0 Å². The van der Waals surface area contributed by atoms with Gasteiger partial charge in [0.1, 0.15) is 5.01 Å². The summed E-state index contributed by atoms with van der Waals surface area (Å²) in [6.45, 7) is 2.60. The lowest BCUT2D eigenvalue weighted by Crippen LogP contribution is -2.44. The molecule has 18 heavy (non-hydrogen) atoms. The number of rotatable bonds is 3. The largest absolute Gasteiger partial charge is 0.329 e. The Morgan fingerprint density at radius 1 is 1.33 bits per heavy atom. The third kappa shape index (κ3) is 2.32. The zero-order valence-corrected chi connectivity index (χ0v) is 11.1. The van der Waals surface area contributed by atoms with Gasteiger partial charge < -0.3 is 5.73 Å². The predicted molar refractivity (Wildman–Crippen MR) is 74.3 cm³/mol. The van der Waals surface area contributed by atoms with E-state index in [1.807, 2.05) is 11.6 Å². The van der Waals surface area contributed by atoms with E-state index in [4.69, 9.17) is 5.73 Å². The van der Waals surface area contributed by atoms with Gasteiger partial charge in [0.05, 0.1) is 6.54 Å². The molecule has 0 saturated carbocycles. The number of thiazole rings is 1. The summed E-state index contributed by atoms with van der Waals surface area (Å²) in [5.74, 6) is 0. The van der Waals surface area contributed by atoms with Crippen molar-refractivity contribution in [1.82, 2.24) is 9.88 Å². The summed E-state index contributed by atoms with van der Waals surface area (Å²) in [6, 6.07) is 9.10. The van der Waals surface area contributed by atoms with Gasteiger partial charge in [0.15, 0.2) is 0 Å². The molecule has 0 amide bonds. The van der Waals surface area contributed by atoms with Crippen molar-refractivity contribution in [3.8, 4) is 0 Å². The zero-order valence-electron chi connectivity index (χ0n) is 10.2. The second kappa shape index (κ2) is 5.18. The summed E-state index contributed by atoms with van der Waals surface area (Å²) in [6.07, 6.45) is 2.92. The molecule has 3 nitrogen and oxygen atoms in total. The molecule has 1 unspecified atom stereocenters. The van der Waals surface area contributed by atoms with Gasteiger partial charge in [-0.05, 0) is 17.5 Å². The average Bonchev–Trinajstić information content (AvgIpc) is 2.91. The van der Waals surface area contributed by atoms with E-state index in [0.29, 0.717) is 12.6 Å². The fraction of sp³-hybridized carbons (Fsp3) is 0.357. The van der Waals surface area contributed by atoms with Gasteiger partial charge in [-0.2, -0.15) is 0 Å². The van der Waals surface area contributed by atoms with E-state index in [1.165, 1.54) is 16.1 Å². The maximum absolute atomic E-state index is 5.92. The van der Waals surface area contributed by atoms with Gasteiger partial charge >= 0.3 is 0 Å². The fourth-order valence-corrected chi connectivity index (χ4v) is 3.20. The summed E-state index contributed by atoms with van der Waals surface area (Å²) in [5, 5.41) is 3.21. The summed E-state index contributed by atoms with van der Waals surface area (Å²) >= 11 is 1.72. The molecule has 94 valence electrons. The van der Waals surface area contributed by atoms with Crippen molar-refractivity contribution in [1.29, 1.82) is 0 Å². The SMILES string of the molecule is NCC1Cc2ccccc2CN1Cc1nccs1. The Morgan fingerprint density at radius 2 is 2.17 bits per heavy atom. The molecule has 2 aromatic rings. The van der Waals surface area contributed by atoms with E-state index >= 15 is 0 Å². The lowest BCUT2D eigenvalue weighted by molar-refractivity contribution is 0.167. The molecule has 0 bridgehead atoms. The Kier molecular flexibility index (Phi) is 3.41. The average molecular weight is 259 g/mol. The molecule has 2 N–H and O–H groups in total. The van der Waals surface area contributed by atoms with Crippen LogP contribution in [-0.2, 0) is 19.5 Å². The van der Waals surface area contributed by atoms with Gasteiger partial charge in [0.25, 0.3) is 0 Å². The van der Waals surface area contributed by atoms with Gasteiger partial charge in [0, 0.05) is 30.7 Å². The predicted octanol–water partition coefficient (Wildman–Crippen LogP) is 2.03. The number of nitrogens with zero attached hydrogens (tertiary/aromatic N) is 2. The molecule has 1 aliphatic heterocycles. The maximum Gasteiger partial charge on any atom is 0.107 e. The van der Waals surface area contributed by atoms with Gasteiger partial charge in [-0.3, -0.25) is 4.90 Å². The van der Waals surface area contributed by atoms with E-state index in [-0.39, 0.29) is 0 Å². The van der Waals surface area contributed by atoms with Crippen molar-refractivity contribution < 1.29 is 0 Å². The standard InChI is InChI=1S/C14H17N3S/c15-8-13-7-11-3-1-2-4-12(11)9-17(13)10-14-16-5-6-18-14/h1-6,13H,7-10,15H2. The van der Waals surface area contributed by atoms with Crippen molar-refractivity contribution >= 4 is 11.3 Å². The van der Waals surface area contributed by atoms with Crippen LogP contribution in [0.1, 0.15) is 16.1 Å². The second-order valence-corrected chi connectivity index (χ2v) is 5.67. The van der Waals surface area contributed by atoms with Crippen molar-refractivity contribution in [2.75, 3.05) is 6.54 Å². The van der Waals surface area contributed by atoms with Crippen molar-refractivity contribution in [2.45, 2.75) is 25.6 Å². The van der Waals surface area contributed by atoms with Crippen LogP contribution < -0.4 is 5.73 Å². The second-order valence-electron chi connectivity index (χ2n) is 4.69. The van der Waals surface area contributed by atoms with Crippen LogP contribution in [-0.4, -0.2) is 22.5 Å². The van der Waals surface area contributed by atoms with Crippen LogP contribution in [0, 0.1) is 0 Å². The molecule has 4 heteroatoms. The van der Waals surface area contributed by atoms with Crippen LogP contribution in [0.3, 0.4) is 0 Å². The lowest BCUT2D eigenvalue weighted by Gasteiger charge is -2.35. The molecule has 0 radical (unpaired) electrons. The third-order valence-corrected chi connectivity index (χ3v) is 4.32. The first-order valence-corrected chi connectivity index (χ1v) is 7.14. The summed E-state index contributed by atoms with van der Waals surface area (Å²) in [7, 11) is 0. The molecular weight excluding hydrogens is 242 g/mol. The van der Waals surface area contributed by atoms with E-state index in [0.717, 1.165) is 19.5 Å². The van der Waals surface area contributed by atoms with Crippen LogP contribution in [0.25, 0.3) is 0 Å². The van der Waals surface area contributed by atoms with Crippen LogP contribution in [0.2, 0.25) is 0 Å². The molecule has 1 aromatic carbocycles. The number of hydrogen-bond donors (Lipinski definition) is 1. The lowest BCUT2D eigenvalue weighted by atomic mass is 9.94. The van der Waals surface area contributed by atoms with Crippen molar-refractivity contribution in [2.24, 2.45) is 5.73 Å². The Balaban J connectivity index is 1.82. The third-order valence-electron chi connectivity index (χ3n) is 3.56. The van der Waals surface area contributed by atoms with Gasteiger partial charge in [-0.1, -0.05) is 24.3 Å². The van der Waals surface area contributed by atoms with Gasteiger partial charge in [-0.15, -0.1) is 11.3 Å². The van der Waals surface area contributed by atoms with Crippen LogP contribution in [0.5, 0.6) is 0 Å². The smallest absolute Gasteiger partial charge is 0.107 e.